The maximum Gasteiger partial charge on any atom is 0.0811 e. The largest absolute Gasteiger partial charge is 0.307 e. The standard InChI is InChI=1S/C32H20N4/c1-2-10-21(11-3-1)35-27-17-7-5-14-24(27)29-30-25(15-9-19-34-30)28-23-13-4-6-16-26(23)36(31(28)32(29)35)22-12-8-18-33-20-22/h1-20H. The van der Waals surface area contributed by atoms with Gasteiger partial charge in [0.1, 0.15) is 0 Å². The van der Waals surface area contributed by atoms with Crippen LogP contribution in [-0.4, -0.2) is 19.1 Å². The number of rotatable bonds is 2. The van der Waals surface area contributed by atoms with Crippen LogP contribution in [0.2, 0.25) is 0 Å². The van der Waals surface area contributed by atoms with Crippen LogP contribution in [0.4, 0.5) is 0 Å². The molecule has 4 aromatic carbocycles. The highest BCUT2D eigenvalue weighted by Gasteiger charge is 2.24. The minimum absolute atomic E-state index is 1.03. The maximum atomic E-state index is 4.97. The number of pyridine rings is 2. The summed E-state index contributed by atoms with van der Waals surface area (Å²) in [6.45, 7) is 0. The molecule has 168 valence electrons. The first-order valence-corrected chi connectivity index (χ1v) is 12.1. The van der Waals surface area contributed by atoms with Gasteiger partial charge in [0, 0.05) is 45.0 Å². The van der Waals surface area contributed by atoms with E-state index in [1.165, 1.54) is 32.6 Å². The average molecular weight is 461 g/mol. The minimum Gasteiger partial charge on any atom is -0.307 e. The van der Waals surface area contributed by atoms with Crippen molar-refractivity contribution in [3.05, 3.63) is 122 Å². The predicted octanol–water partition coefficient (Wildman–Crippen LogP) is 7.82. The van der Waals surface area contributed by atoms with E-state index < -0.39 is 0 Å². The zero-order valence-corrected chi connectivity index (χ0v) is 19.3. The van der Waals surface area contributed by atoms with Crippen molar-refractivity contribution in [3.8, 4) is 11.4 Å². The smallest absolute Gasteiger partial charge is 0.0811 e. The highest BCUT2D eigenvalue weighted by molar-refractivity contribution is 6.35. The molecule has 0 spiro atoms. The van der Waals surface area contributed by atoms with Crippen molar-refractivity contribution >= 4 is 54.5 Å². The molecule has 4 nitrogen and oxygen atoms in total. The van der Waals surface area contributed by atoms with Crippen LogP contribution in [-0.2, 0) is 0 Å². The summed E-state index contributed by atoms with van der Waals surface area (Å²) in [5.41, 5.74) is 7.84. The van der Waals surface area contributed by atoms with Gasteiger partial charge < -0.3 is 9.13 Å². The van der Waals surface area contributed by atoms with E-state index in [0.717, 1.165) is 33.3 Å². The SMILES string of the molecule is c1ccc(-n2c3ccccc3c3c4ncccc4c4c5ccccc5n(-c5cccnc5)c4c32)cc1. The van der Waals surface area contributed by atoms with Gasteiger partial charge in [-0.2, -0.15) is 0 Å². The number of nitrogens with zero attached hydrogens (tertiary/aromatic N) is 4. The van der Waals surface area contributed by atoms with Gasteiger partial charge in [-0.1, -0.05) is 60.7 Å². The Bertz CT molecular complexity index is 1930. The quantitative estimate of drug-likeness (QED) is 0.264. The third kappa shape index (κ3) is 2.48. The van der Waals surface area contributed by atoms with Gasteiger partial charge in [0.25, 0.3) is 0 Å². The molecular formula is C32H20N4. The summed E-state index contributed by atoms with van der Waals surface area (Å²) >= 11 is 0. The van der Waals surface area contributed by atoms with E-state index in [1.54, 1.807) is 0 Å². The van der Waals surface area contributed by atoms with Crippen LogP contribution in [0, 0.1) is 0 Å². The number of aromatic nitrogens is 4. The Balaban J connectivity index is 1.79. The van der Waals surface area contributed by atoms with Gasteiger partial charge >= 0.3 is 0 Å². The molecule has 0 saturated heterocycles. The van der Waals surface area contributed by atoms with Crippen molar-refractivity contribution in [2.24, 2.45) is 0 Å². The normalized spacial score (nSPS) is 11.9. The Morgan fingerprint density at radius 3 is 1.81 bits per heavy atom. The second-order valence-corrected chi connectivity index (χ2v) is 9.10. The fourth-order valence-corrected chi connectivity index (χ4v) is 5.85. The number of fused-ring (bicyclic) bond motifs is 10. The van der Waals surface area contributed by atoms with Crippen molar-refractivity contribution in [2.45, 2.75) is 0 Å². The Kier molecular flexibility index (Phi) is 3.91. The second-order valence-electron chi connectivity index (χ2n) is 9.10. The lowest BCUT2D eigenvalue weighted by Gasteiger charge is -2.13. The third-order valence-electron chi connectivity index (χ3n) is 7.21. The molecule has 0 fully saturated rings. The van der Waals surface area contributed by atoms with E-state index in [9.17, 15) is 0 Å². The van der Waals surface area contributed by atoms with Crippen LogP contribution < -0.4 is 0 Å². The van der Waals surface area contributed by atoms with Gasteiger partial charge in [0.2, 0.25) is 0 Å². The van der Waals surface area contributed by atoms with Gasteiger partial charge in [-0.15, -0.1) is 0 Å². The lowest BCUT2D eigenvalue weighted by Crippen LogP contribution is -1.99. The van der Waals surface area contributed by atoms with Crippen molar-refractivity contribution in [2.75, 3.05) is 0 Å². The third-order valence-corrected chi connectivity index (χ3v) is 7.21. The molecule has 36 heavy (non-hydrogen) atoms. The fraction of sp³-hybridized carbons (Fsp3) is 0. The molecule has 8 aromatic rings. The fourth-order valence-electron chi connectivity index (χ4n) is 5.85. The average Bonchev–Trinajstić information content (AvgIpc) is 3.48. The highest BCUT2D eigenvalue weighted by Crippen LogP contribution is 2.45. The molecule has 0 amide bonds. The zero-order chi connectivity index (χ0) is 23.6. The predicted molar refractivity (Wildman–Crippen MR) is 148 cm³/mol. The van der Waals surface area contributed by atoms with Crippen molar-refractivity contribution in [1.82, 2.24) is 19.1 Å². The summed E-state index contributed by atoms with van der Waals surface area (Å²) in [5, 5.41) is 5.96. The van der Waals surface area contributed by atoms with Crippen molar-refractivity contribution in [3.63, 3.8) is 0 Å². The molecule has 0 unspecified atom stereocenters. The number of para-hydroxylation sites is 3. The molecule has 0 aliphatic carbocycles. The topological polar surface area (TPSA) is 35.6 Å². The summed E-state index contributed by atoms with van der Waals surface area (Å²) in [5.74, 6) is 0. The molecule has 0 radical (unpaired) electrons. The van der Waals surface area contributed by atoms with E-state index in [0.29, 0.717) is 0 Å². The number of hydrogen-bond donors (Lipinski definition) is 0. The minimum atomic E-state index is 1.03. The first kappa shape index (κ1) is 19.4. The summed E-state index contributed by atoms with van der Waals surface area (Å²) in [6.07, 6.45) is 5.68. The van der Waals surface area contributed by atoms with Crippen LogP contribution in [0.1, 0.15) is 0 Å². The van der Waals surface area contributed by atoms with E-state index in [4.69, 9.17) is 4.98 Å². The van der Waals surface area contributed by atoms with Crippen LogP contribution >= 0.6 is 0 Å². The first-order chi connectivity index (χ1) is 17.9. The zero-order valence-electron chi connectivity index (χ0n) is 19.3. The first-order valence-electron chi connectivity index (χ1n) is 12.1. The van der Waals surface area contributed by atoms with Crippen molar-refractivity contribution < 1.29 is 0 Å². The Labute approximate surface area is 206 Å². The molecular weight excluding hydrogens is 440 g/mol. The van der Waals surface area contributed by atoms with Crippen LogP contribution in [0.15, 0.2) is 122 Å². The molecule has 0 atom stereocenters. The summed E-state index contributed by atoms with van der Waals surface area (Å²) in [7, 11) is 0. The summed E-state index contributed by atoms with van der Waals surface area (Å²) in [6, 6.07) is 36.3. The number of benzene rings is 4. The molecule has 0 aliphatic rings. The number of hydrogen-bond acceptors (Lipinski definition) is 2. The van der Waals surface area contributed by atoms with Gasteiger partial charge in [-0.25, -0.2) is 0 Å². The van der Waals surface area contributed by atoms with Crippen LogP contribution in [0.3, 0.4) is 0 Å². The van der Waals surface area contributed by atoms with Gasteiger partial charge in [-0.05, 0) is 42.5 Å². The molecule has 0 N–H and O–H groups in total. The Morgan fingerprint density at radius 2 is 1.06 bits per heavy atom. The summed E-state index contributed by atoms with van der Waals surface area (Å²) < 4.78 is 4.76. The van der Waals surface area contributed by atoms with E-state index in [1.807, 2.05) is 30.7 Å². The van der Waals surface area contributed by atoms with Gasteiger partial charge in [0.15, 0.2) is 0 Å². The van der Waals surface area contributed by atoms with Crippen LogP contribution in [0.25, 0.3) is 65.9 Å². The van der Waals surface area contributed by atoms with Gasteiger partial charge in [-0.3, -0.25) is 9.97 Å². The van der Waals surface area contributed by atoms with E-state index in [2.05, 4.69) is 105 Å². The van der Waals surface area contributed by atoms with Crippen molar-refractivity contribution in [1.29, 1.82) is 0 Å². The maximum absolute atomic E-state index is 4.97. The molecule has 4 heteroatoms. The van der Waals surface area contributed by atoms with Crippen LogP contribution in [0.5, 0.6) is 0 Å². The summed E-state index contributed by atoms with van der Waals surface area (Å²) in [4.78, 5) is 9.45. The molecule has 0 saturated carbocycles. The monoisotopic (exact) mass is 460 g/mol. The molecule has 4 aromatic heterocycles. The molecule has 0 bridgehead atoms. The van der Waals surface area contributed by atoms with E-state index >= 15 is 0 Å². The molecule has 0 aliphatic heterocycles. The van der Waals surface area contributed by atoms with Gasteiger partial charge in [0.05, 0.1) is 39.5 Å². The lowest BCUT2D eigenvalue weighted by atomic mass is 10.0. The highest BCUT2D eigenvalue weighted by atomic mass is 15.1. The lowest BCUT2D eigenvalue weighted by molar-refractivity contribution is 1.13. The van der Waals surface area contributed by atoms with E-state index in [-0.39, 0.29) is 0 Å². The molecule has 8 rings (SSSR count). The second kappa shape index (κ2) is 7.27. The molecule has 4 heterocycles. The Morgan fingerprint density at radius 1 is 0.472 bits per heavy atom. The Hall–Kier alpha value is -4.96.